The van der Waals surface area contributed by atoms with Gasteiger partial charge in [-0.15, -0.1) is 0 Å². The number of sulfonamides is 1. The lowest BCUT2D eigenvalue weighted by Gasteiger charge is -2.04. The first kappa shape index (κ1) is 12.7. The van der Waals surface area contributed by atoms with Crippen molar-refractivity contribution in [1.29, 1.82) is 0 Å². The molecule has 0 spiro atoms. The molecule has 96 valence electrons. The SMILES string of the molecule is Cc1nc(S(N)(=O)=O)cn1Cc1cccc(F)c1. The number of imidazole rings is 1. The molecule has 0 saturated carbocycles. The molecule has 0 radical (unpaired) electrons. The molecular formula is C11H12FN3O2S. The second kappa shape index (κ2) is 4.51. The zero-order valence-corrected chi connectivity index (χ0v) is 10.5. The van der Waals surface area contributed by atoms with Gasteiger partial charge in [-0.2, -0.15) is 0 Å². The number of benzene rings is 1. The standard InChI is InChI=1S/C11H12FN3O2S/c1-8-14-11(18(13,16)17)7-15(8)6-9-3-2-4-10(12)5-9/h2-5,7H,6H2,1H3,(H2,13,16,17). The smallest absolute Gasteiger partial charge is 0.257 e. The molecule has 18 heavy (non-hydrogen) atoms. The van der Waals surface area contributed by atoms with Gasteiger partial charge in [-0.3, -0.25) is 0 Å². The number of halogens is 1. The second-order valence-corrected chi connectivity index (χ2v) is 5.44. The van der Waals surface area contributed by atoms with Crippen molar-refractivity contribution in [3.8, 4) is 0 Å². The van der Waals surface area contributed by atoms with Gasteiger partial charge in [-0.05, 0) is 24.6 Å². The van der Waals surface area contributed by atoms with E-state index in [-0.39, 0.29) is 10.8 Å². The molecule has 0 unspecified atom stereocenters. The largest absolute Gasteiger partial charge is 0.329 e. The third-order valence-electron chi connectivity index (χ3n) is 2.49. The van der Waals surface area contributed by atoms with Crippen LogP contribution in [-0.4, -0.2) is 18.0 Å². The van der Waals surface area contributed by atoms with E-state index in [0.29, 0.717) is 12.4 Å². The Kier molecular flexibility index (Phi) is 3.18. The molecule has 0 aliphatic carbocycles. The van der Waals surface area contributed by atoms with Crippen LogP contribution in [0.15, 0.2) is 35.5 Å². The van der Waals surface area contributed by atoms with E-state index >= 15 is 0 Å². The molecular weight excluding hydrogens is 257 g/mol. The Morgan fingerprint density at radius 1 is 1.44 bits per heavy atom. The molecule has 0 aliphatic rings. The minimum absolute atomic E-state index is 0.184. The Balaban J connectivity index is 2.33. The van der Waals surface area contributed by atoms with E-state index in [9.17, 15) is 12.8 Å². The van der Waals surface area contributed by atoms with E-state index in [1.54, 1.807) is 23.6 Å². The minimum Gasteiger partial charge on any atom is -0.329 e. The van der Waals surface area contributed by atoms with Crippen molar-refractivity contribution in [2.75, 3.05) is 0 Å². The molecule has 2 rings (SSSR count). The van der Waals surface area contributed by atoms with Crippen LogP contribution in [0.2, 0.25) is 0 Å². The Bertz CT molecular complexity index is 679. The van der Waals surface area contributed by atoms with E-state index < -0.39 is 10.0 Å². The summed E-state index contributed by atoms with van der Waals surface area (Å²) in [5.41, 5.74) is 0.719. The van der Waals surface area contributed by atoms with Gasteiger partial charge in [0.05, 0.1) is 0 Å². The first-order valence-electron chi connectivity index (χ1n) is 5.17. The van der Waals surface area contributed by atoms with Crippen molar-refractivity contribution in [3.63, 3.8) is 0 Å². The molecule has 0 saturated heterocycles. The van der Waals surface area contributed by atoms with Crippen molar-refractivity contribution in [2.24, 2.45) is 5.14 Å². The molecule has 0 aliphatic heterocycles. The van der Waals surface area contributed by atoms with E-state index in [2.05, 4.69) is 4.98 Å². The van der Waals surface area contributed by atoms with Crippen LogP contribution < -0.4 is 5.14 Å². The number of nitrogens with zero attached hydrogens (tertiary/aromatic N) is 2. The maximum absolute atomic E-state index is 13.0. The lowest BCUT2D eigenvalue weighted by molar-refractivity contribution is 0.594. The van der Waals surface area contributed by atoms with E-state index in [0.717, 1.165) is 5.56 Å². The normalized spacial score (nSPS) is 11.7. The molecule has 1 heterocycles. The average Bonchev–Trinajstić information content (AvgIpc) is 2.60. The summed E-state index contributed by atoms with van der Waals surface area (Å²) in [6.07, 6.45) is 1.34. The van der Waals surface area contributed by atoms with E-state index in [1.165, 1.54) is 18.3 Å². The van der Waals surface area contributed by atoms with Crippen LogP contribution in [0.25, 0.3) is 0 Å². The Labute approximate surface area is 104 Å². The van der Waals surface area contributed by atoms with Crippen molar-refractivity contribution in [2.45, 2.75) is 18.5 Å². The van der Waals surface area contributed by atoms with Crippen molar-refractivity contribution in [1.82, 2.24) is 9.55 Å². The van der Waals surface area contributed by atoms with Crippen LogP contribution in [-0.2, 0) is 16.6 Å². The van der Waals surface area contributed by atoms with Crippen LogP contribution >= 0.6 is 0 Å². The molecule has 5 nitrogen and oxygen atoms in total. The van der Waals surface area contributed by atoms with Crippen LogP contribution in [0.1, 0.15) is 11.4 Å². The number of primary sulfonamides is 1. The van der Waals surface area contributed by atoms with Gasteiger partial charge in [-0.1, -0.05) is 12.1 Å². The van der Waals surface area contributed by atoms with Crippen molar-refractivity contribution in [3.05, 3.63) is 47.7 Å². The topological polar surface area (TPSA) is 78.0 Å². The fourth-order valence-corrected chi connectivity index (χ4v) is 2.14. The summed E-state index contributed by atoms with van der Waals surface area (Å²) < 4.78 is 36.9. The summed E-state index contributed by atoms with van der Waals surface area (Å²) in [6.45, 7) is 2.00. The molecule has 0 atom stereocenters. The highest BCUT2D eigenvalue weighted by Crippen LogP contribution is 2.11. The minimum atomic E-state index is -3.81. The number of rotatable bonds is 3. The lowest BCUT2D eigenvalue weighted by Crippen LogP contribution is -2.12. The summed E-state index contributed by atoms with van der Waals surface area (Å²) in [5.74, 6) is 0.167. The molecule has 2 N–H and O–H groups in total. The quantitative estimate of drug-likeness (QED) is 0.903. The molecule has 7 heteroatoms. The van der Waals surface area contributed by atoms with Gasteiger partial charge in [0, 0.05) is 12.7 Å². The highest BCUT2D eigenvalue weighted by molar-refractivity contribution is 7.89. The number of hydrogen-bond donors (Lipinski definition) is 1. The zero-order valence-electron chi connectivity index (χ0n) is 9.67. The molecule has 1 aromatic heterocycles. The number of aromatic nitrogens is 2. The molecule has 0 fully saturated rings. The summed E-state index contributed by atoms with van der Waals surface area (Å²) in [5, 5.41) is 4.81. The lowest BCUT2D eigenvalue weighted by atomic mass is 10.2. The summed E-state index contributed by atoms with van der Waals surface area (Å²) in [7, 11) is -3.81. The van der Waals surface area contributed by atoms with E-state index in [1.807, 2.05) is 0 Å². The van der Waals surface area contributed by atoms with Gasteiger partial charge >= 0.3 is 0 Å². The maximum atomic E-state index is 13.0. The Morgan fingerprint density at radius 3 is 2.72 bits per heavy atom. The first-order chi connectivity index (χ1) is 8.36. The average molecular weight is 269 g/mol. The molecule has 0 bridgehead atoms. The highest BCUT2D eigenvalue weighted by atomic mass is 32.2. The summed E-state index contributed by atoms with van der Waals surface area (Å²) in [4.78, 5) is 3.86. The second-order valence-electron chi connectivity index (χ2n) is 3.93. The fourth-order valence-electron chi connectivity index (χ4n) is 1.61. The third kappa shape index (κ3) is 2.74. The van der Waals surface area contributed by atoms with Gasteiger partial charge in [0.2, 0.25) is 0 Å². The zero-order chi connectivity index (χ0) is 13.3. The fraction of sp³-hybridized carbons (Fsp3) is 0.182. The van der Waals surface area contributed by atoms with Gasteiger partial charge in [0.25, 0.3) is 10.0 Å². The molecule has 0 amide bonds. The first-order valence-corrected chi connectivity index (χ1v) is 6.72. The van der Waals surface area contributed by atoms with Crippen LogP contribution in [0.5, 0.6) is 0 Å². The Hall–Kier alpha value is -1.73. The van der Waals surface area contributed by atoms with Crippen LogP contribution in [0.4, 0.5) is 4.39 Å². The molecule has 1 aromatic carbocycles. The van der Waals surface area contributed by atoms with Crippen molar-refractivity contribution < 1.29 is 12.8 Å². The molecule has 2 aromatic rings. The van der Waals surface area contributed by atoms with Gasteiger partial charge in [0.1, 0.15) is 11.6 Å². The van der Waals surface area contributed by atoms with Gasteiger partial charge in [-0.25, -0.2) is 22.9 Å². The number of aryl methyl sites for hydroxylation is 1. The predicted octanol–water partition coefficient (Wildman–Crippen LogP) is 1.03. The van der Waals surface area contributed by atoms with Crippen LogP contribution in [0.3, 0.4) is 0 Å². The van der Waals surface area contributed by atoms with Crippen molar-refractivity contribution >= 4 is 10.0 Å². The van der Waals surface area contributed by atoms with Gasteiger partial charge in [0.15, 0.2) is 5.03 Å². The number of nitrogens with two attached hydrogens (primary N) is 1. The number of hydrogen-bond acceptors (Lipinski definition) is 3. The third-order valence-corrected chi connectivity index (χ3v) is 3.27. The maximum Gasteiger partial charge on any atom is 0.257 e. The summed E-state index contributed by atoms with van der Waals surface area (Å²) >= 11 is 0. The van der Waals surface area contributed by atoms with E-state index in [4.69, 9.17) is 5.14 Å². The Morgan fingerprint density at radius 2 is 2.17 bits per heavy atom. The summed E-state index contributed by atoms with van der Waals surface area (Å²) in [6, 6.07) is 6.08. The highest BCUT2D eigenvalue weighted by Gasteiger charge is 2.14. The predicted molar refractivity (Wildman–Crippen MR) is 63.8 cm³/mol. The monoisotopic (exact) mass is 269 g/mol. The van der Waals surface area contributed by atoms with Crippen LogP contribution in [0, 0.1) is 12.7 Å². The van der Waals surface area contributed by atoms with Gasteiger partial charge < -0.3 is 4.57 Å².